The minimum absolute atomic E-state index is 0.0111. The van der Waals surface area contributed by atoms with Gasteiger partial charge in [0, 0.05) is 12.1 Å². The molecular formula is C25H30F2INO2Si. The molecule has 0 bridgehead atoms. The van der Waals surface area contributed by atoms with E-state index in [4.69, 9.17) is 4.43 Å². The van der Waals surface area contributed by atoms with Gasteiger partial charge in [-0.25, -0.2) is 8.78 Å². The predicted molar refractivity (Wildman–Crippen MR) is 136 cm³/mol. The fourth-order valence-corrected chi connectivity index (χ4v) is 5.11. The van der Waals surface area contributed by atoms with Crippen LogP contribution in [0, 0.1) is 11.6 Å². The molecule has 0 spiro atoms. The molecule has 0 N–H and O–H groups in total. The Kier molecular flexibility index (Phi) is 7.31. The molecule has 3 nitrogen and oxygen atoms in total. The minimum atomic E-state index is -2.15. The molecule has 1 unspecified atom stereocenters. The molecule has 3 rings (SSSR count). The summed E-state index contributed by atoms with van der Waals surface area (Å²) in [6.07, 6.45) is 1.90. The van der Waals surface area contributed by atoms with E-state index in [0.29, 0.717) is 5.57 Å². The average Bonchev–Trinajstić information content (AvgIpc) is 3.14. The zero-order chi connectivity index (χ0) is 23.7. The Morgan fingerprint density at radius 1 is 1.16 bits per heavy atom. The molecule has 1 heterocycles. The van der Waals surface area contributed by atoms with E-state index >= 15 is 0 Å². The quantitative estimate of drug-likeness (QED) is 0.225. The highest BCUT2D eigenvalue weighted by Crippen LogP contribution is 2.44. The second-order valence-corrected chi connectivity index (χ2v) is 15.3. The fraction of sp³-hybridized carbons (Fsp3) is 0.400. The molecule has 0 radical (unpaired) electrons. The maximum atomic E-state index is 14.7. The van der Waals surface area contributed by atoms with Crippen LogP contribution in [0.4, 0.5) is 8.78 Å². The number of hydrogen-bond acceptors (Lipinski definition) is 2. The van der Waals surface area contributed by atoms with E-state index < -0.39 is 25.5 Å². The van der Waals surface area contributed by atoms with Gasteiger partial charge in [0.1, 0.15) is 17.2 Å². The van der Waals surface area contributed by atoms with Crippen LogP contribution in [-0.4, -0.2) is 36.7 Å². The standard InChI is InChI=1S/C25H30F2INO2Si/c1-24(2,3)32(4,5)31-17-25(19-9-7-6-8-10-19)14-18(16-29(25)23(30)15-28)21-13-20(26)11-12-22(21)27/h6-14H,15-17H2,1-5H3. The average molecular weight is 570 g/mol. The van der Waals surface area contributed by atoms with Crippen LogP contribution in [0.2, 0.25) is 18.1 Å². The molecule has 1 atom stereocenters. The van der Waals surface area contributed by atoms with Crippen molar-refractivity contribution < 1.29 is 18.0 Å². The molecular weight excluding hydrogens is 539 g/mol. The molecule has 0 aliphatic carbocycles. The van der Waals surface area contributed by atoms with Gasteiger partial charge in [-0.1, -0.05) is 73.7 Å². The van der Waals surface area contributed by atoms with Gasteiger partial charge in [0.2, 0.25) is 5.91 Å². The highest BCUT2D eigenvalue weighted by atomic mass is 127. The third kappa shape index (κ3) is 4.84. The zero-order valence-electron chi connectivity index (χ0n) is 19.2. The largest absolute Gasteiger partial charge is 0.414 e. The van der Waals surface area contributed by atoms with E-state index in [-0.39, 0.29) is 34.1 Å². The summed E-state index contributed by atoms with van der Waals surface area (Å²) >= 11 is 2.05. The zero-order valence-corrected chi connectivity index (χ0v) is 22.4. The lowest BCUT2D eigenvalue weighted by Gasteiger charge is -2.43. The number of halogens is 3. The number of benzene rings is 2. The van der Waals surface area contributed by atoms with Crippen molar-refractivity contribution in [3.05, 3.63) is 77.4 Å². The minimum Gasteiger partial charge on any atom is -0.414 e. The number of amides is 1. The molecule has 32 heavy (non-hydrogen) atoms. The van der Waals surface area contributed by atoms with Crippen LogP contribution in [0.1, 0.15) is 31.9 Å². The van der Waals surface area contributed by atoms with Crippen molar-refractivity contribution in [3.8, 4) is 0 Å². The van der Waals surface area contributed by atoms with E-state index in [1.165, 1.54) is 6.07 Å². The number of nitrogens with zero attached hydrogens (tertiary/aromatic N) is 1. The number of alkyl halides is 1. The lowest BCUT2D eigenvalue weighted by Crippen LogP contribution is -2.52. The molecule has 172 valence electrons. The molecule has 2 aromatic rings. The van der Waals surface area contributed by atoms with Crippen molar-refractivity contribution >= 4 is 42.4 Å². The van der Waals surface area contributed by atoms with Crippen LogP contribution in [0.15, 0.2) is 54.6 Å². The van der Waals surface area contributed by atoms with Crippen molar-refractivity contribution in [2.24, 2.45) is 0 Å². The lowest BCUT2D eigenvalue weighted by molar-refractivity contribution is -0.132. The van der Waals surface area contributed by atoms with Crippen molar-refractivity contribution in [1.29, 1.82) is 0 Å². The van der Waals surface area contributed by atoms with Gasteiger partial charge in [-0.15, -0.1) is 0 Å². The van der Waals surface area contributed by atoms with E-state index in [0.717, 1.165) is 17.7 Å². The Hall–Kier alpha value is -1.58. The van der Waals surface area contributed by atoms with Crippen molar-refractivity contribution in [1.82, 2.24) is 4.90 Å². The summed E-state index contributed by atoms with van der Waals surface area (Å²) in [6.45, 7) is 11.3. The predicted octanol–water partition coefficient (Wildman–Crippen LogP) is 6.54. The van der Waals surface area contributed by atoms with Gasteiger partial charge < -0.3 is 9.33 Å². The van der Waals surface area contributed by atoms with Crippen LogP contribution in [0.5, 0.6) is 0 Å². The lowest BCUT2D eigenvalue weighted by atomic mass is 9.89. The molecule has 0 aromatic heterocycles. The smallest absolute Gasteiger partial charge is 0.233 e. The Morgan fingerprint density at radius 3 is 2.41 bits per heavy atom. The second kappa shape index (κ2) is 9.35. The first kappa shape index (κ1) is 25.0. The van der Waals surface area contributed by atoms with Gasteiger partial charge in [0.25, 0.3) is 0 Å². The molecule has 0 saturated heterocycles. The topological polar surface area (TPSA) is 29.5 Å². The summed E-state index contributed by atoms with van der Waals surface area (Å²) in [7, 11) is -2.15. The van der Waals surface area contributed by atoms with Crippen LogP contribution in [-0.2, 0) is 14.8 Å². The van der Waals surface area contributed by atoms with Crippen LogP contribution >= 0.6 is 22.6 Å². The van der Waals surface area contributed by atoms with E-state index in [9.17, 15) is 13.6 Å². The third-order valence-electron chi connectivity index (χ3n) is 6.65. The summed E-state index contributed by atoms with van der Waals surface area (Å²) in [5, 5.41) is -0.0111. The van der Waals surface area contributed by atoms with Crippen LogP contribution in [0.3, 0.4) is 0 Å². The molecule has 2 aromatic carbocycles. The van der Waals surface area contributed by atoms with Crippen molar-refractivity contribution in [3.63, 3.8) is 0 Å². The van der Waals surface area contributed by atoms with Gasteiger partial charge in [0.05, 0.1) is 11.0 Å². The van der Waals surface area contributed by atoms with Crippen molar-refractivity contribution in [2.45, 2.75) is 44.4 Å². The monoisotopic (exact) mass is 569 g/mol. The van der Waals surface area contributed by atoms with E-state index in [2.05, 4.69) is 33.9 Å². The van der Waals surface area contributed by atoms with E-state index in [1.54, 1.807) is 4.90 Å². The number of hydrogen-bond donors (Lipinski definition) is 0. The van der Waals surface area contributed by atoms with Gasteiger partial charge in [-0.05, 0) is 53.5 Å². The molecule has 0 saturated carbocycles. The maximum absolute atomic E-state index is 14.7. The Bertz CT molecular complexity index is 1020. The van der Waals surface area contributed by atoms with E-state index in [1.807, 2.05) is 59.0 Å². The van der Waals surface area contributed by atoms with Gasteiger partial charge in [0.15, 0.2) is 8.32 Å². The van der Waals surface area contributed by atoms with Crippen LogP contribution in [0.25, 0.3) is 5.57 Å². The SMILES string of the molecule is CC(C)(C)[Si](C)(C)OCC1(c2ccccc2)C=C(c2cc(F)ccc2F)CN1C(=O)CI. The first-order chi connectivity index (χ1) is 14.9. The fourth-order valence-electron chi connectivity index (χ4n) is 3.69. The summed E-state index contributed by atoms with van der Waals surface area (Å²) in [5.41, 5.74) is 0.764. The third-order valence-corrected chi connectivity index (χ3v) is 11.8. The highest BCUT2D eigenvalue weighted by Gasteiger charge is 2.47. The van der Waals surface area contributed by atoms with Gasteiger partial charge in [-0.3, -0.25) is 4.79 Å². The van der Waals surface area contributed by atoms with Gasteiger partial charge in [-0.2, -0.15) is 0 Å². The second-order valence-electron chi connectivity index (χ2n) is 9.75. The molecule has 1 aliphatic heterocycles. The Morgan fingerprint density at radius 2 is 1.81 bits per heavy atom. The Labute approximate surface area is 204 Å². The summed E-state index contributed by atoms with van der Waals surface area (Å²) in [6, 6.07) is 13.1. The highest BCUT2D eigenvalue weighted by molar-refractivity contribution is 14.1. The van der Waals surface area contributed by atoms with Crippen LogP contribution < -0.4 is 0 Å². The molecule has 0 fully saturated rings. The molecule has 1 aliphatic rings. The number of carbonyl (C=O) groups excluding carboxylic acids is 1. The summed E-state index contributed by atoms with van der Waals surface area (Å²) < 4.78 is 35.6. The first-order valence-corrected chi connectivity index (χ1v) is 15.1. The summed E-state index contributed by atoms with van der Waals surface area (Å²) in [4.78, 5) is 14.9. The molecule has 7 heteroatoms. The normalized spacial score (nSPS) is 19.2. The molecule has 1 amide bonds. The van der Waals surface area contributed by atoms with Crippen molar-refractivity contribution in [2.75, 3.05) is 17.6 Å². The number of carbonyl (C=O) groups is 1. The maximum Gasteiger partial charge on any atom is 0.233 e. The summed E-state index contributed by atoms with van der Waals surface area (Å²) in [5.74, 6) is -1.09. The Balaban J connectivity index is 2.17. The first-order valence-electron chi connectivity index (χ1n) is 10.6. The number of rotatable bonds is 6. The van der Waals surface area contributed by atoms with Gasteiger partial charge >= 0.3 is 0 Å².